The molecule has 0 saturated carbocycles. The zero-order valence-electron chi connectivity index (χ0n) is 11.8. The highest BCUT2D eigenvalue weighted by Crippen LogP contribution is 2.20. The van der Waals surface area contributed by atoms with Crippen LogP contribution in [-0.2, 0) is 9.53 Å². The fraction of sp³-hybridized carbons (Fsp3) is 0.429. The van der Waals surface area contributed by atoms with Gasteiger partial charge in [-0.05, 0) is 31.5 Å². The lowest BCUT2D eigenvalue weighted by Gasteiger charge is -2.23. The lowest BCUT2D eigenvalue weighted by molar-refractivity contribution is -0.120. The van der Waals surface area contributed by atoms with Gasteiger partial charge >= 0.3 is 5.97 Å². The molecule has 0 fully saturated rings. The molecule has 3 N–H and O–H groups in total. The number of halogens is 1. The number of carbonyl (C=O) groups excluding carboxylic acids is 2. The maximum atomic E-state index is 13.2. The summed E-state index contributed by atoms with van der Waals surface area (Å²) < 4.78 is 17.7. The zero-order chi connectivity index (χ0) is 15.3. The van der Waals surface area contributed by atoms with E-state index in [1.54, 1.807) is 6.92 Å². The van der Waals surface area contributed by atoms with Crippen LogP contribution in [0, 0.1) is 5.82 Å². The van der Waals surface area contributed by atoms with Crippen molar-refractivity contribution in [1.82, 2.24) is 0 Å². The molecule has 1 amide bonds. The van der Waals surface area contributed by atoms with Crippen LogP contribution in [-0.4, -0.2) is 24.5 Å². The standard InChI is InChI=1S/C14H19FN2O3/c1-4-7-14(2,16)13(19)17-11-6-5-9(15)8-10(11)12(18)20-3/h5-6,8H,4,7,16H2,1-3H3,(H,17,19). The molecule has 5 nitrogen and oxygen atoms in total. The first-order valence-electron chi connectivity index (χ1n) is 6.30. The van der Waals surface area contributed by atoms with Crippen molar-refractivity contribution in [3.05, 3.63) is 29.6 Å². The number of carbonyl (C=O) groups is 2. The highest BCUT2D eigenvalue weighted by atomic mass is 19.1. The van der Waals surface area contributed by atoms with Gasteiger partial charge in [-0.3, -0.25) is 4.79 Å². The molecule has 1 aromatic rings. The summed E-state index contributed by atoms with van der Waals surface area (Å²) in [6.45, 7) is 3.52. The predicted octanol–water partition coefficient (Wildman–Crippen LogP) is 2.07. The van der Waals surface area contributed by atoms with E-state index in [1.807, 2.05) is 6.92 Å². The minimum atomic E-state index is -1.06. The first-order chi connectivity index (χ1) is 9.31. The molecule has 0 spiro atoms. The number of nitrogens with one attached hydrogen (secondary N) is 1. The van der Waals surface area contributed by atoms with E-state index in [0.717, 1.165) is 18.6 Å². The molecule has 110 valence electrons. The second-order valence-electron chi connectivity index (χ2n) is 4.80. The van der Waals surface area contributed by atoms with E-state index >= 15 is 0 Å². The van der Waals surface area contributed by atoms with Crippen LogP contribution >= 0.6 is 0 Å². The van der Waals surface area contributed by atoms with Gasteiger partial charge in [0.1, 0.15) is 5.82 Å². The number of rotatable bonds is 5. The topological polar surface area (TPSA) is 81.4 Å². The van der Waals surface area contributed by atoms with Crippen molar-refractivity contribution in [2.45, 2.75) is 32.2 Å². The van der Waals surface area contributed by atoms with E-state index in [9.17, 15) is 14.0 Å². The van der Waals surface area contributed by atoms with Crippen molar-refractivity contribution in [3.63, 3.8) is 0 Å². The second kappa shape index (κ2) is 6.47. The van der Waals surface area contributed by atoms with Crippen LogP contribution in [0.4, 0.5) is 10.1 Å². The largest absolute Gasteiger partial charge is 0.465 e. The molecule has 1 unspecified atom stereocenters. The number of methoxy groups -OCH3 is 1. The van der Waals surface area contributed by atoms with Crippen molar-refractivity contribution in [3.8, 4) is 0 Å². The number of hydrogen-bond donors (Lipinski definition) is 2. The maximum Gasteiger partial charge on any atom is 0.340 e. The summed E-state index contributed by atoms with van der Waals surface area (Å²) in [6.07, 6.45) is 1.24. The van der Waals surface area contributed by atoms with Crippen molar-refractivity contribution in [2.24, 2.45) is 5.73 Å². The average molecular weight is 282 g/mol. The fourth-order valence-corrected chi connectivity index (χ4v) is 1.80. The predicted molar refractivity (Wildman–Crippen MR) is 73.9 cm³/mol. The number of nitrogens with two attached hydrogens (primary N) is 1. The molecular weight excluding hydrogens is 263 g/mol. The van der Waals surface area contributed by atoms with Crippen LogP contribution in [0.2, 0.25) is 0 Å². The van der Waals surface area contributed by atoms with Crippen molar-refractivity contribution >= 4 is 17.6 Å². The van der Waals surface area contributed by atoms with Gasteiger partial charge in [-0.1, -0.05) is 13.3 Å². The van der Waals surface area contributed by atoms with Crippen molar-refractivity contribution in [2.75, 3.05) is 12.4 Å². The molecule has 0 aliphatic heterocycles. The third kappa shape index (κ3) is 3.77. The first-order valence-corrected chi connectivity index (χ1v) is 6.30. The summed E-state index contributed by atoms with van der Waals surface area (Å²) >= 11 is 0. The summed E-state index contributed by atoms with van der Waals surface area (Å²) in [5.74, 6) is -1.75. The Hall–Kier alpha value is -1.95. The number of amides is 1. The van der Waals surface area contributed by atoms with Gasteiger partial charge in [-0.2, -0.15) is 0 Å². The van der Waals surface area contributed by atoms with Gasteiger partial charge in [0.25, 0.3) is 0 Å². The first kappa shape index (κ1) is 16.1. The highest BCUT2D eigenvalue weighted by molar-refractivity contribution is 6.04. The normalized spacial score (nSPS) is 13.4. The summed E-state index contributed by atoms with van der Waals surface area (Å²) in [4.78, 5) is 23.7. The molecule has 0 heterocycles. The Bertz CT molecular complexity index is 515. The second-order valence-corrected chi connectivity index (χ2v) is 4.80. The van der Waals surface area contributed by atoms with Gasteiger partial charge in [-0.15, -0.1) is 0 Å². The third-order valence-electron chi connectivity index (χ3n) is 2.92. The maximum absolute atomic E-state index is 13.2. The van der Waals surface area contributed by atoms with Gasteiger partial charge in [0, 0.05) is 0 Å². The minimum Gasteiger partial charge on any atom is -0.465 e. The van der Waals surface area contributed by atoms with Gasteiger partial charge in [-0.25, -0.2) is 9.18 Å². The molecule has 0 aromatic heterocycles. The van der Waals surface area contributed by atoms with Crippen LogP contribution < -0.4 is 11.1 Å². The number of ether oxygens (including phenoxy) is 1. The van der Waals surface area contributed by atoms with Crippen LogP contribution in [0.5, 0.6) is 0 Å². The Labute approximate surface area is 117 Å². The van der Waals surface area contributed by atoms with Crippen molar-refractivity contribution < 1.29 is 18.7 Å². The molecule has 1 atom stereocenters. The van der Waals surface area contributed by atoms with E-state index in [0.29, 0.717) is 6.42 Å². The van der Waals surface area contributed by atoms with Gasteiger partial charge < -0.3 is 15.8 Å². The number of esters is 1. The van der Waals surface area contributed by atoms with E-state index in [1.165, 1.54) is 13.2 Å². The van der Waals surface area contributed by atoms with E-state index < -0.39 is 23.2 Å². The Balaban J connectivity index is 3.03. The van der Waals surface area contributed by atoms with E-state index in [4.69, 9.17) is 5.73 Å². The molecule has 0 saturated heterocycles. The molecule has 20 heavy (non-hydrogen) atoms. The van der Waals surface area contributed by atoms with Crippen LogP contribution in [0.3, 0.4) is 0 Å². The Morgan fingerprint density at radius 3 is 2.65 bits per heavy atom. The Morgan fingerprint density at radius 2 is 2.10 bits per heavy atom. The molecule has 0 aliphatic rings. The molecule has 1 aromatic carbocycles. The molecule has 6 heteroatoms. The van der Waals surface area contributed by atoms with E-state index in [-0.39, 0.29) is 11.3 Å². The minimum absolute atomic E-state index is 0.0480. The number of benzene rings is 1. The lowest BCUT2D eigenvalue weighted by Crippen LogP contribution is -2.48. The smallest absolute Gasteiger partial charge is 0.340 e. The van der Waals surface area contributed by atoms with Gasteiger partial charge in [0.2, 0.25) is 5.91 Å². The molecule has 1 rings (SSSR count). The number of hydrogen-bond acceptors (Lipinski definition) is 4. The Kier molecular flexibility index (Phi) is 5.21. The fourth-order valence-electron chi connectivity index (χ4n) is 1.80. The monoisotopic (exact) mass is 282 g/mol. The van der Waals surface area contributed by atoms with Gasteiger partial charge in [0.05, 0.1) is 23.9 Å². The van der Waals surface area contributed by atoms with Crippen LogP contribution in [0.25, 0.3) is 0 Å². The summed E-state index contributed by atoms with van der Waals surface area (Å²) in [5, 5.41) is 2.55. The van der Waals surface area contributed by atoms with Crippen LogP contribution in [0.1, 0.15) is 37.0 Å². The SMILES string of the molecule is CCCC(C)(N)C(=O)Nc1ccc(F)cc1C(=O)OC. The lowest BCUT2D eigenvalue weighted by atomic mass is 9.96. The Morgan fingerprint density at radius 1 is 1.45 bits per heavy atom. The number of anilines is 1. The molecule has 0 aliphatic carbocycles. The molecule has 0 radical (unpaired) electrons. The van der Waals surface area contributed by atoms with Crippen molar-refractivity contribution in [1.29, 1.82) is 0 Å². The summed E-state index contributed by atoms with van der Waals surface area (Å²) in [5.41, 5.74) is 4.97. The zero-order valence-corrected chi connectivity index (χ0v) is 11.8. The third-order valence-corrected chi connectivity index (χ3v) is 2.92. The highest BCUT2D eigenvalue weighted by Gasteiger charge is 2.28. The quantitative estimate of drug-likeness (QED) is 0.810. The van der Waals surface area contributed by atoms with Gasteiger partial charge in [0.15, 0.2) is 0 Å². The molecule has 0 bridgehead atoms. The summed E-state index contributed by atoms with van der Waals surface area (Å²) in [6, 6.07) is 3.46. The van der Waals surface area contributed by atoms with Crippen LogP contribution in [0.15, 0.2) is 18.2 Å². The summed E-state index contributed by atoms with van der Waals surface area (Å²) in [7, 11) is 1.18. The molecular formula is C14H19FN2O3. The van der Waals surface area contributed by atoms with E-state index in [2.05, 4.69) is 10.1 Å². The average Bonchev–Trinajstić information content (AvgIpc) is 2.39.